The predicted octanol–water partition coefficient (Wildman–Crippen LogP) is 3.28. The van der Waals surface area contributed by atoms with Gasteiger partial charge in [0, 0.05) is 13.1 Å². The predicted molar refractivity (Wildman–Crippen MR) is 109 cm³/mol. The number of rotatable bonds is 9. The van der Waals surface area contributed by atoms with Crippen LogP contribution in [0.15, 0.2) is 48.5 Å². The lowest BCUT2D eigenvalue weighted by Crippen LogP contribution is -2.49. The minimum Gasteiger partial charge on any atom is -0.497 e. The van der Waals surface area contributed by atoms with Crippen LogP contribution >= 0.6 is 11.6 Å². The summed E-state index contributed by atoms with van der Waals surface area (Å²) < 4.78 is 10.8. The third kappa shape index (κ3) is 5.89. The van der Waals surface area contributed by atoms with Gasteiger partial charge in [0.1, 0.15) is 17.5 Å². The Morgan fingerprint density at radius 3 is 2.61 bits per heavy atom. The second-order valence-corrected chi connectivity index (χ2v) is 6.57. The number of hydrogen-bond donors (Lipinski definition) is 1. The van der Waals surface area contributed by atoms with Gasteiger partial charge in [-0.15, -0.1) is 0 Å². The van der Waals surface area contributed by atoms with Crippen molar-refractivity contribution in [1.82, 2.24) is 10.2 Å². The number of likely N-dealkylation sites (N-methyl/N-ethyl adjacent to an activating group) is 1. The average Bonchev–Trinajstić information content (AvgIpc) is 2.71. The Labute approximate surface area is 170 Å². The molecule has 0 aliphatic carbocycles. The number of para-hydroxylation sites is 1. The molecule has 2 aromatic rings. The number of benzene rings is 2. The molecule has 0 fully saturated rings. The summed E-state index contributed by atoms with van der Waals surface area (Å²) in [6, 6.07) is 13.6. The van der Waals surface area contributed by atoms with Crippen molar-refractivity contribution in [3.05, 3.63) is 59.1 Å². The molecule has 1 atom stereocenters. The molecule has 6 nitrogen and oxygen atoms in total. The molecule has 2 amide bonds. The van der Waals surface area contributed by atoms with E-state index in [1.54, 1.807) is 38.3 Å². The first kappa shape index (κ1) is 21.6. The van der Waals surface area contributed by atoms with E-state index < -0.39 is 6.04 Å². The summed E-state index contributed by atoms with van der Waals surface area (Å²) in [5.41, 5.74) is 0.849. The third-order valence-electron chi connectivity index (χ3n) is 4.19. The highest BCUT2D eigenvalue weighted by Crippen LogP contribution is 2.23. The van der Waals surface area contributed by atoms with Crippen LogP contribution in [-0.4, -0.2) is 43.0 Å². The fourth-order valence-electron chi connectivity index (χ4n) is 2.66. The molecule has 0 radical (unpaired) electrons. The van der Waals surface area contributed by atoms with E-state index in [2.05, 4.69) is 5.32 Å². The SMILES string of the molecule is CCNC(=O)[C@@H](C)N(Cc1cccc(OC)c1)C(=O)COc1ccccc1Cl. The second kappa shape index (κ2) is 10.6. The zero-order chi connectivity index (χ0) is 20.5. The van der Waals surface area contributed by atoms with Gasteiger partial charge in [0.15, 0.2) is 6.61 Å². The van der Waals surface area contributed by atoms with Crippen LogP contribution in [0.5, 0.6) is 11.5 Å². The number of halogens is 1. The van der Waals surface area contributed by atoms with Gasteiger partial charge in [0.2, 0.25) is 5.91 Å². The van der Waals surface area contributed by atoms with Gasteiger partial charge in [-0.3, -0.25) is 9.59 Å². The lowest BCUT2D eigenvalue weighted by atomic mass is 10.1. The molecule has 0 heterocycles. The summed E-state index contributed by atoms with van der Waals surface area (Å²) >= 11 is 6.08. The van der Waals surface area contributed by atoms with E-state index in [1.807, 2.05) is 31.2 Å². The normalized spacial score (nSPS) is 11.4. The maximum Gasteiger partial charge on any atom is 0.261 e. The fraction of sp³-hybridized carbons (Fsp3) is 0.333. The summed E-state index contributed by atoms with van der Waals surface area (Å²) in [5, 5.41) is 3.18. The summed E-state index contributed by atoms with van der Waals surface area (Å²) in [5.74, 6) is 0.561. The Kier molecular flexibility index (Phi) is 8.14. The molecule has 0 bridgehead atoms. The number of carbonyl (C=O) groups is 2. The molecule has 0 spiro atoms. The minimum absolute atomic E-state index is 0.225. The molecule has 0 saturated carbocycles. The number of methoxy groups -OCH3 is 1. The molecular formula is C21H25ClN2O4. The topological polar surface area (TPSA) is 67.9 Å². The minimum atomic E-state index is -0.659. The Morgan fingerprint density at radius 1 is 1.18 bits per heavy atom. The van der Waals surface area contributed by atoms with Gasteiger partial charge >= 0.3 is 0 Å². The summed E-state index contributed by atoms with van der Waals surface area (Å²) in [7, 11) is 1.58. The number of ether oxygens (including phenoxy) is 2. The smallest absolute Gasteiger partial charge is 0.261 e. The van der Waals surface area contributed by atoms with Crippen LogP contribution in [0.1, 0.15) is 19.4 Å². The van der Waals surface area contributed by atoms with E-state index >= 15 is 0 Å². The first-order chi connectivity index (χ1) is 13.5. The molecule has 0 saturated heterocycles. The van der Waals surface area contributed by atoms with Gasteiger partial charge in [-0.1, -0.05) is 35.9 Å². The monoisotopic (exact) mass is 404 g/mol. The fourth-order valence-corrected chi connectivity index (χ4v) is 2.85. The molecule has 0 aliphatic heterocycles. The first-order valence-corrected chi connectivity index (χ1v) is 9.41. The molecule has 0 aliphatic rings. The highest BCUT2D eigenvalue weighted by atomic mass is 35.5. The van der Waals surface area contributed by atoms with Crippen LogP contribution in [0.2, 0.25) is 5.02 Å². The van der Waals surface area contributed by atoms with Crippen molar-refractivity contribution in [2.75, 3.05) is 20.3 Å². The summed E-state index contributed by atoms with van der Waals surface area (Å²) in [6.45, 7) is 4.04. The number of hydrogen-bond acceptors (Lipinski definition) is 4. The van der Waals surface area contributed by atoms with Crippen LogP contribution in [0.4, 0.5) is 0 Å². The highest BCUT2D eigenvalue weighted by Gasteiger charge is 2.26. The zero-order valence-corrected chi connectivity index (χ0v) is 17.0. The van der Waals surface area contributed by atoms with Crippen molar-refractivity contribution >= 4 is 23.4 Å². The molecule has 0 unspecified atom stereocenters. The average molecular weight is 405 g/mol. The zero-order valence-electron chi connectivity index (χ0n) is 16.3. The number of amides is 2. The number of nitrogens with zero attached hydrogens (tertiary/aromatic N) is 1. The highest BCUT2D eigenvalue weighted by molar-refractivity contribution is 6.32. The van der Waals surface area contributed by atoms with E-state index in [0.29, 0.717) is 23.1 Å². The van der Waals surface area contributed by atoms with Gasteiger partial charge < -0.3 is 19.7 Å². The number of nitrogens with one attached hydrogen (secondary N) is 1. The van der Waals surface area contributed by atoms with Gasteiger partial charge in [0.05, 0.1) is 12.1 Å². The van der Waals surface area contributed by atoms with Gasteiger partial charge in [-0.05, 0) is 43.7 Å². The van der Waals surface area contributed by atoms with E-state index in [4.69, 9.17) is 21.1 Å². The van der Waals surface area contributed by atoms with E-state index in [9.17, 15) is 9.59 Å². The molecule has 150 valence electrons. The second-order valence-electron chi connectivity index (χ2n) is 6.16. The van der Waals surface area contributed by atoms with Crippen LogP contribution in [0.3, 0.4) is 0 Å². The maximum absolute atomic E-state index is 12.9. The number of carbonyl (C=O) groups excluding carboxylic acids is 2. The summed E-state index contributed by atoms with van der Waals surface area (Å²) in [4.78, 5) is 26.7. The van der Waals surface area contributed by atoms with Crippen LogP contribution in [-0.2, 0) is 16.1 Å². The van der Waals surface area contributed by atoms with E-state index in [-0.39, 0.29) is 25.0 Å². The van der Waals surface area contributed by atoms with Gasteiger partial charge in [0.25, 0.3) is 5.91 Å². The Morgan fingerprint density at radius 2 is 1.93 bits per heavy atom. The molecule has 0 aromatic heterocycles. The maximum atomic E-state index is 12.9. The third-order valence-corrected chi connectivity index (χ3v) is 4.51. The van der Waals surface area contributed by atoms with Crippen LogP contribution in [0, 0.1) is 0 Å². The lowest BCUT2D eigenvalue weighted by molar-refractivity contribution is -0.142. The van der Waals surface area contributed by atoms with E-state index in [1.165, 1.54) is 4.90 Å². The van der Waals surface area contributed by atoms with Crippen LogP contribution < -0.4 is 14.8 Å². The standard InChI is InChI=1S/C21H25ClN2O4/c1-4-23-21(26)15(2)24(13-16-8-7-9-17(12-16)27-3)20(25)14-28-19-11-6-5-10-18(19)22/h5-12,15H,4,13-14H2,1-3H3,(H,23,26)/t15-/m1/s1. The lowest BCUT2D eigenvalue weighted by Gasteiger charge is -2.28. The van der Waals surface area contributed by atoms with E-state index in [0.717, 1.165) is 5.56 Å². The molecule has 7 heteroatoms. The Hall–Kier alpha value is -2.73. The quantitative estimate of drug-likeness (QED) is 0.696. The van der Waals surface area contributed by atoms with Crippen molar-refractivity contribution in [2.45, 2.75) is 26.4 Å². The Balaban J connectivity index is 2.17. The van der Waals surface area contributed by atoms with Crippen molar-refractivity contribution < 1.29 is 19.1 Å². The Bertz CT molecular complexity index is 812. The van der Waals surface area contributed by atoms with Gasteiger partial charge in [-0.2, -0.15) is 0 Å². The van der Waals surface area contributed by atoms with Crippen molar-refractivity contribution in [3.63, 3.8) is 0 Å². The largest absolute Gasteiger partial charge is 0.497 e. The van der Waals surface area contributed by atoms with Crippen molar-refractivity contribution in [1.29, 1.82) is 0 Å². The van der Waals surface area contributed by atoms with Crippen molar-refractivity contribution in [2.24, 2.45) is 0 Å². The molecule has 2 aromatic carbocycles. The van der Waals surface area contributed by atoms with Crippen molar-refractivity contribution in [3.8, 4) is 11.5 Å². The molecule has 28 heavy (non-hydrogen) atoms. The molecule has 2 rings (SSSR count). The van der Waals surface area contributed by atoms with Crippen LogP contribution in [0.25, 0.3) is 0 Å². The van der Waals surface area contributed by atoms with Gasteiger partial charge in [-0.25, -0.2) is 0 Å². The molecule has 1 N–H and O–H groups in total. The molecular weight excluding hydrogens is 380 g/mol. The summed E-state index contributed by atoms with van der Waals surface area (Å²) in [6.07, 6.45) is 0. The first-order valence-electron chi connectivity index (χ1n) is 9.03.